The molecule has 1 fully saturated rings. The first kappa shape index (κ1) is 17.6. The quantitative estimate of drug-likeness (QED) is 0.813. The molecule has 7 nitrogen and oxygen atoms in total. The fourth-order valence-corrected chi connectivity index (χ4v) is 3.71. The van der Waals surface area contributed by atoms with Crippen LogP contribution in [0.2, 0.25) is 0 Å². The predicted molar refractivity (Wildman–Crippen MR) is 90.6 cm³/mol. The monoisotopic (exact) mass is 366 g/mol. The second-order valence-electron chi connectivity index (χ2n) is 5.96. The van der Waals surface area contributed by atoms with Crippen molar-refractivity contribution >= 4 is 15.9 Å². The van der Waals surface area contributed by atoms with Gasteiger partial charge < -0.3 is 4.90 Å². The number of carbonyl (C=O) groups is 1. The number of para-hydroxylation sites is 1. The summed E-state index contributed by atoms with van der Waals surface area (Å²) < 4.78 is 39.8. The molecule has 1 saturated heterocycles. The number of piperazine rings is 1. The van der Waals surface area contributed by atoms with Crippen LogP contribution < -0.4 is 0 Å². The van der Waals surface area contributed by atoms with Crippen LogP contribution in [0, 0.1) is 12.7 Å². The minimum atomic E-state index is -3.25. The summed E-state index contributed by atoms with van der Waals surface area (Å²) in [6.45, 7) is 2.88. The summed E-state index contributed by atoms with van der Waals surface area (Å²) in [5.41, 5.74) is 1.21. The molecule has 1 aromatic heterocycles. The van der Waals surface area contributed by atoms with Gasteiger partial charge in [-0.2, -0.15) is 9.40 Å². The van der Waals surface area contributed by atoms with E-state index < -0.39 is 15.8 Å². The van der Waals surface area contributed by atoms with E-state index in [1.807, 2.05) is 0 Å². The lowest BCUT2D eigenvalue weighted by atomic mass is 10.2. The largest absolute Gasteiger partial charge is 0.336 e. The molecule has 1 amide bonds. The van der Waals surface area contributed by atoms with Crippen molar-refractivity contribution in [3.63, 3.8) is 0 Å². The number of hydrogen-bond acceptors (Lipinski definition) is 4. The number of hydrogen-bond donors (Lipinski definition) is 0. The second kappa shape index (κ2) is 6.57. The summed E-state index contributed by atoms with van der Waals surface area (Å²) in [7, 11) is -3.25. The first-order valence-electron chi connectivity index (χ1n) is 7.83. The minimum Gasteiger partial charge on any atom is -0.336 e. The molecule has 1 aromatic carbocycles. The molecule has 3 rings (SSSR count). The van der Waals surface area contributed by atoms with Crippen LogP contribution in [0.15, 0.2) is 30.5 Å². The molecule has 0 N–H and O–H groups in total. The number of benzene rings is 1. The van der Waals surface area contributed by atoms with Gasteiger partial charge in [-0.3, -0.25) is 4.79 Å². The Morgan fingerprint density at radius 1 is 1.16 bits per heavy atom. The van der Waals surface area contributed by atoms with Crippen LogP contribution in [0.4, 0.5) is 4.39 Å². The average Bonchev–Trinajstić information content (AvgIpc) is 2.95. The second-order valence-corrected chi connectivity index (χ2v) is 7.94. The lowest BCUT2D eigenvalue weighted by molar-refractivity contribution is 0.0697. The number of amides is 1. The lowest BCUT2D eigenvalue weighted by Crippen LogP contribution is -2.50. The molecule has 1 aliphatic rings. The molecule has 0 bridgehead atoms. The van der Waals surface area contributed by atoms with Gasteiger partial charge in [-0.15, -0.1) is 0 Å². The Kier molecular flexibility index (Phi) is 4.61. The topological polar surface area (TPSA) is 75.5 Å². The molecule has 2 heterocycles. The molecule has 0 saturated carbocycles. The summed E-state index contributed by atoms with van der Waals surface area (Å²) in [5.74, 6) is -0.650. The molecular weight excluding hydrogens is 347 g/mol. The minimum absolute atomic E-state index is 0.228. The van der Waals surface area contributed by atoms with Crippen molar-refractivity contribution in [2.24, 2.45) is 0 Å². The normalized spacial score (nSPS) is 16.2. The lowest BCUT2D eigenvalue weighted by Gasteiger charge is -2.33. The Bertz CT molecular complexity index is 902. The van der Waals surface area contributed by atoms with Crippen molar-refractivity contribution in [1.82, 2.24) is 19.0 Å². The number of halogens is 1. The van der Waals surface area contributed by atoms with E-state index in [0.717, 1.165) is 6.26 Å². The van der Waals surface area contributed by atoms with E-state index >= 15 is 0 Å². The molecule has 1 aliphatic heterocycles. The van der Waals surface area contributed by atoms with E-state index in [1.165, 1.54) is 21.3 Å². The Morgan fingerprint density at radius 2 is 1.80 bits per heavy atom. The molecule has 0 atom stereocenters. The van der Waals surface area contributed by atoms with Crippen molar-refractivity contribution in [1.29, 1.82) is 0 Å². The van der Waals surface area contributed by atoms with Crippen molar-refractivity contribution in [3.8, 4) is 5.69 Å². The Morgan fingerprint density at radius 3 is 2.40 bits per heavy atom. The van der Waals surface area contributed by atoms with Crippen molar-refractivity contribution < 1.29 is 17.6 Å². The van der Waals surface area contributed by atoms with Crippen LogP contribution in [0.3, 0.4) is 0 Å². The molecule has 0 radical (unpaired) electrons. The Labute approximate surface area is 145 Å². The highest BCUT2D eigenvalue weighted by atomic mass is 32.2. The zero-order valence-electron chi connectivity index (χ0n) is 14.0. The molecule has 134 valence electrons. The van der Waals surface area contributed by atoms with Gasteiger partial charge in [0.1, 0.15) is 11.5 Å². The van der Waals surface area contributed by atoms with Gasteiger partial charge in [0, 0.05) is 26.2 Å². The van der Waals surface area contributed by atoms with Crippen LogP contribution in [0.25, 0.3) is 5.69 Å². The van der Waals surface area contributed by atoms with Gasteiger partial charge in [0.05, 0.1) is 23.7 Å². The zero-order chi connectivity index (χ0) is 18.2. The van der Waals surface area contributed by atoms with Gasteiger partial charge in [0.15, 0.2) is 0 Å². The third kappa shape index (κ3) is 3.42. The van der Waals surface area contributed by atoms with Gasteiger partial charge in [0.25, 0.3) is 5.91 Å². The smallest absolute Gasteiger partial charge is 0.257 e. The summed E-state index contributed by atoms with van der Waals surface area (Å²) in [6.07, 6.45) is 2.58. The number of sulfonamides is 1. The van der Waals surface area contributed by atoms with Crippen LogP contribution in [-0.4, -0.2) is 65.7 Å². The van der Waals surface area contributed by atoms with Crippen LogP contribution in [0.1, 0.15) is 16.1 Å². The highest BCUT2D eigenvalue weighted by Gasteiger charge is 2.28. The van der Waals surface area contributed by atoms with Crippen LogP contribution >= 0.6 is 0 Å². The zero-order valence-corrected chi connectivity index (χ0v) is 14.8. The van der Waals surface area contributed by atoms with Crippen molar-refractivity contribution in [2.75, 3.05) is 32.4 Å². The maximum Gasteiger partial charge on any atom is 0.257 e. The van der Waals surface area contributed by atoms with Crippen LogP contribution in [0.5, 0.6) is 0 Å². The third-order valence-corrected chi connectivity index (χ3v) is 5.62. The van der Waals surface area contributed by atoms with Crippen molar-refractivity contribution in [3.05, 3.63) is 47.5 Å². The fraction of sp³-hybridized carbons (Fsp3) is 0.375. The number of carbonyl (C=O) groups excluding carboxylic acids is 1. The van der Waals surface area contributed by atoms with Gasteiger partial charge >= 0.3 is 0 Å². The SMILES string of the molecule is Cc1c(C(=O)N2CCN(S(C)(=O)=O)CC2)cnn1-c1ccccc1F. The molecule has 0 aliphatic carbocycles. The van der Waals surface area contributed by atoms with Gasteiger partial charge in [0.2, 0.25) is 10.0 Å². The number of nitrogens with zero attached hydrogens (tertiary/aromatic N) is 4. The molecule has 25 heavy (non-hydrogen) atoms. The summed E-state index contributed by atoms with van der Waals surface area (Å²) in [4.78, 5) is 14.3. The van der Waals surface area contributed by atoms with E-state index in [1.54, 1.807) is 30.0 Å². The molecule has 0 unspecified atom stereocenters. The van der Waals surface area contributed by atoms with Gasteiger partial charge in [-0.25, -0.2) is 17.5 Å². The van der Waals surface area contributed by atoms with Gasteiger partial charge in [-0.1, -0.05) is 12.1 Å². The first-order valence-corrected chi connectivity index (χ1v) is 9.68. The summed E-state index contributed by atoms with van der Waals surface area (Å²) in [5, 5.41) is 4.14. The summed E-state index contributed by atoms with van der Waals surface area (Å²) >= 11 is 0. The number of aromatic nitrogens is 2. The molecule has 2 aromatic rings. The highest BCUT2D eigenvalue weighted by Crippen LogP contribution is 2.19. The standard InChI is InChI=1S/C16H19FN4O3S/c1-12-13(11-18-21(12)15-6-4-3-5-14(15)17)16(22)19-7-9-20(10-8-19)25(2,23)24/h3-6,11H,7-10H2,1-2H3. The van der Waals surface area contributed by atoms with E-state index in [2.05, 4.69) is 5.10 Å². The molecule has 0 spiro atoms. The summed E-state index contributed by atoms with van der Waals surface area (Å²) in [6, 6.07) is 6.22. The van der Waals surface area contributed by atoms with E-state index in [9.17, 15) is 17.6 Å². The van der Waals surface area contributed by atoms with Gasteiger partial charge in [-0.05, 0) is 19.1 Å². The Hall–Kier alpha value is -2.26. The fourth-order valence-electron chi connectivity index (χ4n) is 2.88. The van der Waals surface area contributed by atoms with Crippen molar-refractivity contribution in [2.45, 2.75) is 6.92 Å². The molecule has 9 heteroatoms. The Balaban J connectivity index is 1.80. The maximum atomic E-state index is 14.0. The van der Waals surface area contributed by atoms with Crippen LogP contribution in [-0.2, 0) is 10.0 Å². The van der Waals surface area contributed by atoms with E-state index in [-0.39, 0.29) is 24.7 Å². The van der Waals surface area contributed by atoms with E-state index in [4.69, 9.17) is 0 Å². The third-order valence-electron chi connectivity index (χ3n) is 4.32. The predicted octanol–water partition coefficient (Wildman–Crippen LogP) is 1.04. The average molecular weight is 366 g/mol. The van der Waals surface area contributed by atoms with E-state index in [0.29, 0.717) is 24.3 Å². The molecular formula is C16H19FN4O3S. The first-order chi connectivity index (χ1) is 11.8. The maximum absolute atomic E-state index is 14.0. The highest BCUT2D eigenvalue weighted by molar-refractivity contribution is 7.88. The number of rotatable bonds is 3.